The van der Waals surface area contributed by atoms with Crippen LogP contribution in [0.3, 0.4) is 0 Å². The summed E-state index contributed by atoms with van der Waals surface area (Å²) < 4.78 is 27.7. The standard InChI is InChI=1S/C24H24N2O5S/c1-17(18-7-3-2-4-8-18)23(27)25-13-14-26(22(16-25)24(28)29)32(30,31)21-12-11-19-9-5-6-10-20(19)15-21/h2-12,15,17,22H,13-14,16H2,1H3,(H,28,29)/t17-,22?/m0/s1. The number of hydrogen-bond acceptors (Lipinski definition) is 4. The monoisotopic (exact) mass is 452 g/mol. The molecule has 4 rings (SSSR count). The van der Waals surface area contributed by atoms with Gasteiger partial charge in [-0.1, -0.05) is 60.7 Å². The molecule has 0 aliphatic carbocycles. The molecule has 0 aromatic heterocycles. The zero-order valence-electron chi connectivity index (χ0n) is 17.6. The molecule has 1 unspecified atom stereocenters. The molecular weight excluding hydrogens is 428 g/mol. The van der Waals surface area contributed by atoms with Crippen molar-refractivity contribution in [1.29, 1.82) is 0 Å². The molecule has 7 nitrogen and oxygen atoms in total. The Morgan fingerprint density at radius 1 is 0.938 bits per heavy atom. The van der Waals surface area contributed by atoms with E-state index in [1.807, 2.05) is 54.6 Å². The van der Waals surface area contributed by atoms with E-state index >= 15 is 0 Å². The SMILES string of the molecule is C[C@H](C(=O)N1CCN(S(=O)(=O)c2ccc3ccccc3c2)C(C(=O)O)C1)c1ccccc1. The van der Waals surface area contributed by atoms with Gasteiger partial charge < -0.3 is 10.0 Å². The number of hydrogen-bond donors (Lipinski definition) is 1. The first-order valence-corrected chi connectivity index (χ1v) is 11.8. The third kappa shape index (κ3) is 4.11. The van der Waals surface area contributed by atoms with E-state index in [0.29, 0.717) is 0 Å². The lowest BCUT2D eigenvalue weighted by Crippen LogP contribution is -2.59. The number of fused-ring (bicyclic) bond motifs is 1. The minimum atomic E-state index is -4.05. The van der Waals surface area contributed by atoms with E-state index in [0.717, 1.165) is 20.6 Å². The van der Waals surface area contributed by atoms with E-state index in [4.69, 9.17) is 0 Å². The lowest BCUT2D eigenvalue weighted by atomic mass is 9.99. The summed E-state index contributed by atoms with van der Waals surface area (Å²) in [5, 5.41) is 11.5. The number of carbonyl (C=O) groups is 2. The van der Waals surface area contributed by atoms with E-state index in [1.165, 1.54) is 11.0 Å². The molecule has 1 amide bonds. The van der Waals surface area contributed by atoms with Gasteiger partial charge >= 0.3 is 5.97 Å². The van der Waals surface area contributed by atoms with Crippen molar-refractivity contribution in [2.75, 3.05) is 19.6 Å². The van der Waals surface area contributed by atoms with Crippen molar-refractivity contribution in [3.8, 4) is 0 Å². The van der Waals surface area contributed by atoms with Gasteiger partial charge in [0.1, 0.15) is 6.04 Å². The summed E-state index contributed by atoms with van der Waals surface area (Å²) in [5.74, 6) is -1.95. The molecule has 1 heterocycles. The minimum absolute atomic E-state index is 0.0416. The van der Waals surface area contributed by atoms with Gasteiger partial charge in [-0.3, -0.25) is 9.59 Å². The van der Waals surface area contributed by atoms with Crippen molar-refractivity contribution in [3.63, 3.8) is 0 Å². The molecule has 1 fully saturated rings. The molecule has 32 heavy (non-hydrogen) atoms. The van der Waals surface area contributed by atoms with Gasteiger partial charge in [0.15, 0.2) is 0 Å². The summed E-state index contributed by atoms with van der Waals surface area (Å²) in [7, 11) is -4.05. The van der Waals surface area contributed by atoms with E-state index in [9.17, 15) is 23.1 Å². The number of piperazine rings is 1. The summed E-state index contributed by atoms with van der Waals surface area (Å²) in [6.45, 7) is 1.62. The number of carbonyl (C=O) groups excluding carboxylic acids is 1. The summed E-state index contributed by atoms with van der Waals surface area (Å²) in [5.41, 5.74) is 0.829. The molecule has 3 aromatic carbocycles. The molecule has 2 atom stereocenters. The highest BCUT2D eigenvalue weighted by Gasteiger charge is 2.42. The molecule has 166 valence electrons. The van der Waals surface area contributed by atoms with E-state index in [-0.39, 0.29) is 30.4 Å². The van der Waals surface area contributed by atoms with Crippen molar-refractivity contribution in [2.24, 2.45) is 0 Å². The van der Waals surface area contributed by atoms with Crippen LogP contribution in [0, 0.1) is 0 Å². The van der Waals surface area contributed by atoms with Crippen LogP contribution in [-0.4, -0.2) is 60.3 Å². The van der Waals surface area contributed by atoms with Crippen LogP contribution >= 0.6 is 0 Å². The van der Waals surface area contributed by atoms with Gasteiger partial charge in [0.25, 0.3) is 0 Å². The van der Waals surface area contributed by atoms with Crippen LogP contribution in [-0.2, 0) is 19.6 Å². The topological polar surface area (TPSA) is 95.0 Å². The van der Waals surface area contributed by atoms with Crippen LogP contribution in [0.1, 0.15) is 18.4 Å². The maximum atomic E-state index is 13.3. The van der Waals surface area contributed by atoms with Gasteiger partial charge in [-0.15, -0.1) is 0 Å². The Morgan fingerprint density at radius 2 is 1.59 bits per heavy atom. The second kappa shape index (κ2) is 8.72. The van der Waals surface area contributed by atoms with Gasteiger partial charge in [-0.25, -0.2) is 8.42 Å². The summed E-state index contributed by atoms with van der Waals surface area (Å²) >= 11 is 0. The first-order valence-electron chi connectivity index (χ1n) is 10.4. The number of nitrogens with zero attached hydrogens (tertiary/aromatic N) is 2. The molecule has 1 aliphatic heterocycles. The maximum Gasteiger partial charge on any atom is 0.323 e. The fourth-order valence-electron chi connectivity index (χ4n) is 4.08. The Hall–Kier alpha value is -3.23. The smallest absolute Gasteiger partial charge is 0.323 e. The highest BCUT2D eigenvalue weighted by molar-refractivity contribution is 7.89. The van der Waals surface area contributed by atoms with Crippen LogP contribution in [0.2, 0.25) is 0 Å². The number of sulfonamides is 1. The third-order valence-electron chi connectivity index (χ3n) is 5.93. The minimum Gasteiger partial charge on any atom is -0.480 e. The zero-order valence-corrected chi connectivity index (χ0v) is 18.4. The van der Waals surface area contributed by atoms with Gasteiger partial charge in [-0.05, 0) is 35.4 Å². The molecule has 8 heteroatoms. The molecule has 0 radical (unpaired) electrons. The van der Waals surface area contributed by atoms with E-state index in [2.05, 4.69) is 0 Å². The van der Waals surface area contributed by atoms with Crippen LogP contribution in [0.4, 0.5) is 0 Å². The molecule has 3 aromatic rings. The Bertz CT molecular complexity index is 1260. The molecule has 1 N–H and O–H groups in total. The molecule has 0 bridgehead atoms. The Balaban J connectivity index is 1.59. The van der Waals surface area contributed by atoms with Crippen LogP contribution in [0.15, 0.2) is 77.7 Å². The van der Waals surface area contributed by atoms with Crippen LogP contribution < -0.4 is 0 Å². The second-order valence-corrected chi connectivity index (χ2v) is 9.79. The first kappa shape index (κ1) is 22.0. The van der Waals surface area contributed by atoms with Gasteiger partial charge in [0.2, 0.25) is 15.9 Å². The largest absolute Gasteiger partial charge is 0.480 e. The predicted molar refractivity (Wildman–Crippen MR) is 121 cm³/mol. The molecule has 1 saturated heterocycles. The second-order valence-electron chi connectivity index (χ2n) is 7.90. The predicted octanol–water partition coefficient (Wildman–Crippen LogP) is 2.93. The third-order valence-corrected chi connectivity index (χ3v) is 7.83. The zero-order chi connectivity index (χ0) is 22.9. The Kier molecular flexibility index (Phi) is 5.99. The Morgan fingerprint density at radius 3 is 2.28 bits per heavy atom. The van der Waals surface area contributed by atoms with Crippen LogP contribution in [0.25, 0.3) is 10.8 Å². The highest BCUT2D eigenvalue weighted by Crippen LogP contribution is 2.27. The molecular formula is C24H24N2O5S. The molecule has 0 spiro atoms. The first-order chi connectivity index (χ1) is 15.3. The van der Waals surface area contributed by atoms with Crippen molar-refractivity contribution in [3.05, 3.63) is 78.4 Å². The van der Waals surface area contributed by atoms with E-state index < -0.39 is 28.0 Å². The quantitative estimate of drug-likeness (QED) is 0.642. The number of benzene rings is 3. The van der Waals surface area contributed by atoms with E-state index in [1.54, 1.807) is 19.1 Å². The summed E-state index contributed by atoms with van der Waals surface area (Å²) in [4.78, 5) is 26.5. The van der Waals surface area contributed by atoms with Gasteiger partial charge in [0.05, 0.1) is 10.8 Å². The Labute approximate surface area is 186 Å². The average molecular weight is 453 g/mol. The highest BCUT2D eigenvalue weighted by atomic mass is 32.2. The van der Waals surface area contributed by atoms with Gasteiger partial charge in [-0.2, -0.15) is 4.31 Å². The summed E-state index contributed by atoms with van der Waals surface area (Å²) in [6, 6.07) is 20.0. The summed E-state index contributed by atoms with van der Waals surface area (Å²) in [6.07, 6.45) is 0. The maximum absolute atomic E-state index is 13.3. The van der Waals surface area contributed by atoms with Gasteiger partial charge in [0, 0.05) is 19.6 Å². The van der Waals surface area contributed by atoms with Crippen LogP contribution in [0.5, 0.6) is 0 Å². The van der Waals surface area contributed by atoms with Crippen molar-refractivity contribution < 1.29 is 23.1 Å². The average Bonchev–Trinajstić information content (AvgIpc) is 2.82. The number of carboxylic acid groups (broad SMARTS) is 1. The number of rotatable bonds is 5. The number of amides is 1. The molecule has 1 aliphatic rings. The van der Waals surface area contributed by atoms with Crippen molar-refractivity contribution >= 4 is 32.7 Å². The fourth-order valence-corrected chi connectivity index (χ4v) is 5.68. The fraction of sp³-hybridized carbons (Fsp3) is 0.250. The number of aliphatic carboxylic acids is 1. The molecule has 0 saturated carbocycles. The lowest BCUT2D eigenvalue weighted by molar-refractivity contribution is -0.146. The normalized spacial score (nSPS) is 18.4. The van der Waals surface area contributed by atoms with Crippen molar-refractivity contribution in [1.82, 2.24) is 9.21 Å². The van der Waals surface area contributed by atoms with Crippen molar-refractivity contribution in [2.45, 2.75) is 23.8 Å². The lowest BCUT2D eigenvalue weighted by Gasteiger charge is -2.39. The number of carboxylic acids is 1.